The predicted octanol–water partition coefficient (Wildman–Crippen LogP) is 2.16. The summed E-state index contributed by atoms with van der Waals surface area (Å²) in [4.78, 5) is 11.2. The molecule has 0 spiro atoms. The van der Waals surface area contributed by atoms with Gasteiger partial charge in [-0.2, -0.15) is 4.31 Å². The number of carbonyl (C=O) groups excluding carboxylic acids is 1. The van der Waals surface area contributed by atoms with Gasteiger partial charge in [0.15, 0.2) is 0 Å². The minimum absolute atomic E-state index is 0.0184. The number of sulfonamides is 1. The van der Waals surface area contributed by atoms with Crippen LogP contribution in [0.5, 0.6) is 0 Å². The van der Waals surface area contributed by atoms with Gasteiger partial charge in [-0.1, -0.05) is 15.9 Å². The third-order valence-electron chi connectivity index (χ3n) is 3.43. The number of piperidine rings is 1. The Morgan fingerprint density at radius 1 is 1.48 bits per heavy atom. The molecule has 8 heteroatoms. The van der Waals surface area contributed by atoms with Crippen LogP contribution in [-0.4, -0.2) is 38.9 Å². The lowest BCUT2D eigenvalue weighted by molar-refractivity contribution is -0.146. The summed E-state index contributed by atoms with van der Waals surface area (Å²) >= 11 is 3.09. The second-order valence-corrected chi connectivity index (χ2v) is 7.62. The first-order valence-corrected chi connectivity index (χ1v) is 8.62. The van der Waals surface area contributed by atoms with Gasteiger partial charge in [0.2, 0.25) is 10.0 Å². The van der Waals surface area contributed by atoms with Gasteiger partial charge in [-0.3, -0.25) is 4.79 Å². The Morgan fingerprint density at radius 2 is 2.19 bits per heavy atom. The van der Waals surface area contributed by atoms with Crippen molar-refractivity contribution >= 4 is 31.9 Å². The molecule has 1 heterocycles. The summed E-state index contributed by atoms with van der Waals surface area (Å²) in [5, 5.41) is 0. The highest BCUT2D eigenvalue weighted by atomic mass is 79.9. The Labute approximate surface area is 131 Å². The van der Waals surface area contributed by atoms with Crippen molar-refractivity contribution in [1.82, 2.24) is 4.31 Å². The summed E-state index contributed by atoms with van der Waals surface area (Å²) in [7, 11) is -2.69. The molecule has 0 aliphatic carbocycles. The number of esters is 1. The zero-order valence-corrected chi connectivity index (χ0v) is 13.8. The number of methoxy groups -OCH3 is 1. The van der Waals surface area contributed by atoms with Crippen molar-refractivity contribution in [1.29, 1.82) is 0 Å². The van der Waals surface area contributed by atoms with Crippen molar-refractivity contribution in [2.75, 3.05) is 20.2 Å². The third-order valence-corrected chi connectivity index (χ3v) is 5.82. The molecule has 1 aliphatic heterocycles. The van der Waals surface area contributed by atoms with E-state index in [0.29, 0.717) is 17.3 Å². The van der Waals surface area contributed by atoms with E-state index in [2.05, 4.69) is 20.7 Å². The Balaban J connectivity index is 2.28. The number of rotatable bonds is 3. The molecule has 1 unspecified atom stereocenters. The Kier molecular flexibility index (Phi) is 5.00. The fraction of sp³-hybridized carbons (Fsp3) is 0.462. The van der Waals surface area contributed by atoms with E-state index >= 15 is 0 Å². The van der Waals surface area contributed by atoms with Crippen LogP contribution in [0.1, 0.15) is 12.8 Å². The van der Waals surface area contributed by atoms with Crippen LogP contribution < -0.4 is 0 Å². The fourth-order valence-corrected chi connectivity index (χ4v) is 4.25. The smallest absolute Gasteiger partial charge is 0.309 e. The van der Waals surface area contributed by atoms with Crippen molar-refractivity contribution in [3.8, 4) is 0 Å². The molecule has 21 heavy (non-hydrogen) atoms. The van der Waals surface area contributed by atoms with Gasteiger partial charge in [0, 0.05) is 17.6 Å². The Hall–Kier alpha value is -0.990. The average molecular weight is 380 g/mol. The lowest BCUT2D eigenvalue weighted by atomic mass is 10.0. The molecule has 1 aromatic carbocycles. The normalized spacial score (nSPS) is 20.2. The number of hydrogen-bond donors (Lipinski definition) is 0. The van der Waals surface area contributed by atoms with Crippen molar-refractivity contribution < 1.29 is 22.3 Å². The van der Waals surface area contributed by atoms with Gasteiger partial charge in [-0.15, -0.1) is 0 Å². The molecule has 116 valence electrons. The number of nitrogens with zero attached hydrogens (tertiary/aromatic N) is 1. The summed E-state index contributed by atoms with van der Waals surface area (Å²) in [6.45, 7) is 0.288. The van der Waals surface area contributed by atoms with Crippen LogP contribution in [0.25, 0.3) is 0 Å². The van der Waals surface area contributed by atoms with Crippen molar-refractivity contribution in [2.45, 2.75) is 17.7 Å². The first-order valence-electron chi connectivity index (χ1n) is 6.39. The summed E-state index contributed by atoms with van der Waals surface area (Å²) in [6.07, 6.45) is 1.11. The number of halogens is 2. The topological polar surface area (TPSA) is 63.7 Å². The van der Waals surface area contributed by atoms with E-state index in [4.69, 9.17) is 0 Å². The highest BCUT2D eigenvalue weighted by molar-refractivity contribution is 9.10. The number of ether oxygens (including phenoxy) is 1. The van der Waals surface area contributed by atoms with Crippen molar-refractivity contribution in [3.63, 3.8) is 0 Å². The lowest BCUT2D eigenvalue weighted by Crippen LogP contribution is -2.42. The van der Waals surface area contributed by atoms with Crippen LogP contribution in [0.3, 0.4) is 0 Å². The van der Waals surface area contributed by atoms with E-state index in [9.17, 15) is 17.6 Å². The molecule has 1 saturated heterocycles. The van der Waals surface area contributed by atoms with Crippen molar-refractivity contribution in [2.24, 2.45) is 5.92 Å². The van der Waals surface area contributed by atoms with Crippen LogP contribution in [0.2, 0.25) is 0 Å². The molecule has 1 aromatic rings. The van der Waals surface area contributed by atoms with Gasteiger partial charge >= 0.3 is 5.97 Å². The second-order valence-electron chi connectivity index (χ2n) is 4.80. The summed E-state index contributed by atoms with van der Waals surface area (Å²) in [5.41, 5.74) is 0. The van der Waals surface area contributed by atoms with Crippen LogP contribution >= 0.6 is 15.9 Å². The van der Waals surface area contributed by atoms with E-state index in [1.807, 2.05) is 0 Å². The van der Waals surface area contributed by atoms with E-state index in [1.165, 1.54) is 19.2 Å². The Bertz CT molecular complexity index is 650. The van der Waals surface area contributed by atoms with E-state index in [1.54, 1.807) is 0 Å². The minimum atomic E-state index is -3.95. The standard InChI is InChI=1S/C13H15BrFNO4S/c1-20-13(17)9-3-2-6-16(8-9)21(18,19)12-5-4-10(14)7-11(12)15/h4-5,7,9H,2-3,6,8H2,1H3. The molecular weight excluding hydrogens is 365 g/mol. The first-order chi connectivity index (χ1) is 9.86. The lowest BCUT2D eigenvalue weighted by Gasteiger charge is -2.30. The Morgan fingerprint density at radius 3 is 2.81 bits per heavy atom. The van der Waals surface area contributed by atoms with Crippen LogP contribution in [0.15, 0.2) is 27.6 Å². The monoisotopic (exact) mass is 379 g/mol. The largest absolute Gasteiger partial charge is 0.469 e. The second kappa shape index (κ2) is 6.41. The summed E-state index contributed by atoms with van der Waals surface area (Å²) in [5.74, 6) is -1.76. The summed E-state index contributed by atoms with van der Waals surface area (Å²) < 4.78 is 45.1. The van der Waals surface area contributed by atoms with Crippen LogP contribution in [-0.2, 0) is 19.6 Å². The molecule has 0 amide bonds. The van der Waals surface area contributed by atoms with Crippen LogP contribution in [0, 0.1) is 11.7 Å². The van der Waals surface area contributed by atoms with Gasteiger partial charge in [0.1, 0.15) is 10.7 Å². The van der Waals surface area contributed by atoms with Crippen molar-refractivity contribution in [3.05, 3.63) is 28.5 Å². The molecule has 1 atom stereocenters. The molecule has 1 aliphatic rings. The van der Waals surface area contributed by atoms with Gasteiger partial charge < -0.3 is 4.74 Å². The molecular formula is C13H15BrFNO4S. The van der Waals surface area contributed by atoms with Gasteiger partial charge in [0.05, 0.1) is 13.0 Å². The minimum Gasteiger partial charge on any atom is -0.469 e. The molecule has 0 N–H and O–H groups in total. The molecule has 0 bridgehead atoms. The molecule has 5 nitrogen and oxygen atoms in total. The number of hydrogen-bond acceptors (Lipinski definition) is 4. The zero-order valence-electron chi connectivity index (χ0n) is 11.4. The van der Waals surface area contributed by atoms with E-state index in [-0.39, 0.29) is 18.0 Å². The number of benzene rings is 1. The zero-order chi connectivity index (χ0) is 15.6. The van der Waals surface area contributed by atoms with Gasteiger partial charge in [0.25, 0.3) is 0 Å². The maximum absolute atomic E-state index is 13.9. The van der Waals surface area contributed by atoms with E-state index in [0.717, 1.165) is 10.4 Å². The highest BCUT2D eigenvalue weighted by Gasteiger charge is 2.35. The van der Waals surface area contributed by atoms with Crippen LogP contribution in [0.4, 0.5) is 4.39 Å². The molecule has 1 fully saturated rings. The molecule has 0 saturated carbocycles. The molecule has 0 aromatic heterocycles. The predicted molar refractivity (Wildman–Crippen MR) is 77.6 cm³/mol. The number of carbonyl (C=O) groups is 1. The average Bonchev–Trinajstić information content (AvgIpc) is 2.46. The summed E-state index contributed by atoms with van der Waals surface area (Å²) in [6, 6.07) is 3.79. The maximum atomic E-state index is 13.9. The SMILES string of the molecule is COC(=O)C1CCCN(S(=O)(=O)c2ccc(Br)cc2F)C1. The van der Waals surface area contributed by atoms with Gasteiger partial charge in [-0.05, 0) is 31.0 Å². The maximum Gasteiger partial charge on any atom is 0.309 e. The highest BCUT2D eigenvalue weighted by Crippen LogP contribution is 2.27. The van der Waals surface area contributed by atoms with E-state index < -0.39 is 27.7 Å². The molecule has 0 radical (unpaired) electrons. The molecule has 2 rings (SSSR count). The fourth-order valence-electron chi connectivity index (χ4n) is 2.34. The van der Waals surface area contributed by atoms with Gasteiger partial charge in [-0.25, -0.2) is 12.8 Å². The quantitative estimate of drug-likeness (QED) is 0.754. The first kappa shape index (κ1) is 16.4. The third kappa shape index (κ3) is 3.44.